The molecule has 0 fully saturated rings. The minimum absolute atomic E-state index is 0.0706. The van der Waals surface area contributed by atoms with Crippen molar-refractivity contribution in [1.29, 1.82) is 0 Å². The molecule has 156 valence electrons. The summed E-state index contributed by atoms with van der Waals surface area (Å²) in [6.07, 6.45) is 0.930. The van der Waals surface area contributed by atoms with E-state index in [9.17, 15) is 22.4 Å². The molecule has 0 saturated carbocycles. The van der Waals surface area contributed by atoms with Crippen LogP contribution in [-0.4, -0.2) is 26.5 Å². The highest BCUT2D eigenvalue weighted by Crippen LogP contribution is 2.24. The number of rotatable bonds is 7. The Labute approximate surface area is 177 Å². The Morgan fingerprint density at radius 1 is 1.00 bits per heavy atom. The van der Waals surface area contributed by atoms with E-state index in [-0.39, 0.29) is 17.3 Å². The summed E-state index contributed by atoms with van der Waals surface area (Å²) >= 11 is 1.35. The molecule has 1 aromatic heterocycles. The van der Waals surface area contributed by atoms with Gasteiger partial charge in [-0.1, -0.05) is 18.2 Å². The Balaban J connectivity index is 1.66. The molecule has 3 N–H and O–H groups in total. The van der Waals surface area contributed by atoms with Crippen LogP contribution in [0.5, 0.6) is 0 Å². The van der Waals surface area contributed by atoms with Crippen molar-refractivity contribution < 1.29 is 22.4 Å². The van der Waals surface area contributed by atoms with E-state index in [4.69, 9.17) is 0 Å². The van der Waals surface area contributed by atoms with E-state index in [2.05, 4.69) is 15.4 Å². The van der Waals surface area contributed by atoms with E-state index in [1.54, 1.807) is 36.4 Å². The van der Waals surface area contributed by atoms with Gasteiger partial charge >= 0.3 is 0 Å². The Bertz CT molecular complexity index is 1160. The molecular formula is C20H18FN3O4S2. The van der Waals surface area contributed by atoms with Crippen LogP contribution in [0, 0.1) is 5.82 Å². The molecule has 2 amide bonds. The monoisotopic (exact) mass is 447 g/mol. The molecule has 0 aliphatic carbocycles. The van der Waals surface area contributed by atoms with Crippen LogP contribution < -0.4 is 15.4 Å². The number of thiophene rings is 1. The predicted molar refractivity (Wildman–Crippen MR) is 115 cm³/mol. The van der Waals surface area contributed by atoms with E-state index < -0.39 is 21.7 Å². The maximum Gasteiger partial charge on any atom is 0.261 e. The molecule has 0 bridgehead atoms. The van der Waals surface area contributed by atoms with Crippen LogP contribution in [0.2, 0.25) is 0 Å². The van der Waals surface area contributed by atoms with Crippen LogP contribution in [-0.2, 0) is 16.6 Å². The van der Waals surface area contributed by atoms with Gasteiger partial charge in [-0.05, 0) is 41.3 Å². The van der Waals surface area contributed by atoms with Gasteiger partial charge in [0.25, 0.3) is 11.8 Å². The zero-order valence-electron chi connectivity index (χ0n) is 15.8. The van der Waals surface area contributed by atoms with E-state index in [1.807, 2.05) is 5.38 Å². The van der Waals surface area contributed by atoms with Gasteiger partial charge in [-0.3, -0.25) is 14.3 Å². The third-order valence-electron chi connectivity index (χ3n) is 3.94. The molecule has 0 radical (unpaired) electrons. The standard InChI is InChI=1S/C20H18FN3O4S2/c1-30(27,28)24-17-11-15(21)8-9-16(17)23-19(25)14-6-4-13(5-7-14)12-22-20(26)18-3-2-10-29-18/h2-11,24H,12H2,1H3,(H,22,26)(H,23,25). The van der Waals surface area contributed by atoms with Crippen molar-refractivity contribution >= 4 is 44.5 Å². The average Bonchev–Trinajstić information content (AvgIpc) is 3.22. The lowest BCUT2D eigenvalue weighted by Crippen LogP contribution is -2.21. The van der Waals surface area contributed by atoms with Crippen molar-refractivity contribution in [3.63, 3.8) is 0 Å². The van der Waals surface area contributed by atoms with Crippen molar-refractivity contribution in [2.45, 2.75) is 6.54 Å². The zero-order valence-corrected chi connectivity index (χ0v) is 17.4. The molecule has 0 aliphatic rings. The maximum absolute atomic E-state index is 13.5. The third kappa shape index (κ3) is 5.88. The Morgan fingerprint density at radius 3 is 2.37 bits per heavy atom. The smallest absolute Gasteiger partial charge is 0.261 e. The fourth-order valence-electron chi connectivity index (χ4n) is 2.56. The minimum atomic E-state index is -3.65. The Kier molecular flexibility index (Phi) is 6.48. The molecule has 30 heavy (non-hydrogen) atoms. The van der Waals surface area contributed by atoms with Crippen molar-refractivity contribution in [1.82, 2.24) is 5.32 Å². The van der Waals surface area contributed by atoms with Crippen molar-refractivity contribution in [2.24, 2.45) is 0 Å². The third-order valence-corrected chi connectivity index (χ3v) is 5.40. The maximum atomic E-state index is 13.5. The molecule has 0 saturated heterocycles. The van der Waals surface area contributed by atoms with Gasteiger partial charge in [0, 0.05) is 18.2 Å². The SMILES string of the molecule is CS(=O)(=O)Nc1cc(F)ccc1NC(=O)c1ccc(CNC(=O)c2cccs2)cc1. The Hall–Kier alpha value is -3.24. The first kappa shape index (κ1) is 21.5. The molecule has 7 nitrogen and oxygen atoms in total. The van der Waals surface area contributed by atoms with E-state index in [1.165, 1.54) is 17.4 Å². The minimum Gasteiger partial charge on any atom is -0.347 e. The van der Waals surface area contributed by atoms with Gasteiger partial charge in [-0.25, -0.2) is 12.8 Å². The van der Waals surface area contributed by atoms with Gasteiger partial charge in [0.15, 0.2) is 0 Å². The molecule has 0 unspecified atom stereocenters. The summed E-state index contributed by atoms with van der Waals surface area (Å²) in [4.78, 5) is 25.1. The van der Waals surface area contributed by atoms with Crippen LogP contribution in [0.4, 0.5) is 15.8 Å². The number of amides is 2. The first-order chi connectivity index (χ1) is 14.2. The quantitative estimate of drug-likeness (QED) is 0.516. The van der Waals surface area contributed by atoms with Gasteiger partial charge < -0.3 is 10.6 Å². The summed E-state index contributed by atoms with van der Waals surface area (Å²) in [6.45, 7) is 0.305. The van der Waals surface area contributed by atoms with Gasteiger partial charge in [0.1, 0.15) is 5.82 Å². The second kappa shape index (κ2) is 9.06. The molecule has 3 aromatic rings. The molecule has 1 heterocycles. The van der Waals surface area contributed by atoms with Crippen LogP contribution in [0.3, 0.4) is 0 Å². The number of benzene rings is 2. The van der Waals surface area contributed by atoms with Crippen LogP contribution in [0.15, 0.2) is 60.0 Å². The number of hydrogen-bond acceptors (Lipinski definition) is 5. The second-order valence-electron chi connectivity index (χ2n) is 6.38. The first-order valence-corrected chi connectivity index (χ1v) is 11.5. The lowest BCUT2D eigenvalue weighted by atomic mass is 10.1. The second-order valence-corrected chi connectivity index (χ2v) is 9.07. The van der Waals surface area contributed by atoms with Gasteiger partial charge in [0.05, 0.1) is 22.5 Å². The van der Waals surface area contributed by atoms with Gasteiger partial charge in [-0.15, -0.1) is 11.3 Å². The fourth-order valence-corrected chi connectivity index (χ4v) is 3.76. The summed E-state index contributed by atoms with van der Waals surface area (Å²) in [6, 6.07) is 13.5. The zero-order chi connectivity index (χ0) is 21.7. The summed E-state index contributed by atoms with van der Waals surface area (Å²) < 4.78 is 38.6. The average molecular weight is 448 g/mol. The molecule has 0 spiro atoms. The highest BCUT2D eigenvalue weighted by Gasteiger charge is 2.13. The number of halogens is 1. The summed E-state index contributed by atoms with van der Waals surface area (Å²) in [5, 5.41) is 7.18. The van der Waals surface area contributed by atoms with Crippen LogP contribution in [0.1, 0.15) is 25.6 Å². The number of carbonyl (C=O) groups excluding carboxylic acids is 2. The molecule has 3 rings (SSSR count). The molecule has 2 aromatic carbocycles. The topological polar surface area (TPSA) is 104 Å². The predicted octanol–water partition coefficient (Wildman–Crippen LogP) is 3.44. The first-order valence-electron chi connectivity index (χ1n) is 8.70. The summed E-state index contributed by atoms with van der Waals surface area (Å²) in [5.74, 6) is -1.31. The van der Waals surface area contributed by atoms with Crippen LogP contribution >= 0.6 is 11.3 Å². The van der Waals surface area contributed by atoms with E-state index >= 15 is 0 Å². The number of sulfonamides is 1. The molecule has 10 heteroatoms. The van der Waals surface area contributed by atoms with Crippen LogP contribution in [0.25, 0.3) is 0 Å². The van der Waals surface area contributed by atoms with Crippen molar-refractivity contribution in [3.8, 4) is 0 Å². The summed E-state index contributed by atoms with van der Waals surface area (Å²) in [7, 11) is -3.65. The highest BCUT2D eigenvalue weighted by molar-refractivity contribution is 7.92. The fraction of sp³-hybridized carbons (Fsp3) is 0.100. The molecular weight excluding hydrogens is 429 g/mol. The Morgan fingerprint density at radius 2 is 1.73 bits per heavy atom. The van der Waals surface area contributed by atoms with Gasteiger partial charge in [0.2, 0.25) is 10.0 Å². The van der Waals surface area contributed by atoms with Crippen molar-refractivity contribution in [3.05, 3.63) is 81.8 Å². The van der Waals surface area contributed by atoms with Crippen molar-refractivity contribution in [2.75, 3.05) is 16.3 Å². The number of anilines is 2. The lowest BCUT2D eigenvalue weighted by molar-refractivity contribution is 0.0953. The molecule has 0 aliphatic heterocycles. The van der Waals surface area contributed by atoms with E-state index in [0.717, 1.165) is 24.0 Å². The highest BCUT2D eigenvalue weighted by atomic mass is 32.2. The largest absolute Gasteiger partial charge is 0.347 e. The molecule has 0 atom stereocenters. The number of nitrogens with one attached hydrogen (secondary N) is 3. The summed E-state index contributed by atoms with van der Waals surface area (Å²) in [5.41, 5.74) is 1.17. The lowest BCUT2D eigenvalue weighted by Gasteiger charge is -2.12. The van der Waals surface area contributed by atoms with E-state index in [0.29, 0.717) is 17.0 Å². The number of hydrogen-bond donors (Lipinski definition) is 3. The normalized spacial score (nSPS) is 11.0. The number of carbonyl (C=O) groups is 2. The van der Waals surface area contributed by atoms with Gasteiger partial charge in [-0.2, -0.15) is 0 Å².